The van der Waals surface area contributed by atoms with Crippen molar-refractivity contribution < 1.29 is 19.0 Å². The van der Waals surface area contributed by atoms with Gasteiger partial charge in [-0.05, 0) is 42.8 Å². The van der Waals surface area contributed by atoms with Gasteiger partial charge in [0.1, 0.15) is 36.0 Å². The van der Waals surface area contributed by atoms with Gasteiger partial charge in [0.15, 0.2) is 0 Å². The first-order valence-corrected chi connectivity index (χ1v) is 8.41. The Hall–Kier alpha value is -3.27. The van der Waals surface area contributed by atoms with Crippen LogP contribution in [0.5, 0.6) is 17.2 Å². The molecule has 0 amide bonds. The molecular weight excluding hydrogens is 328 g/mol. The predicted molar refractivity (Wildman–Crippen MR) is 100 cm³/mol. The number of carbonyl (C=O) groups is 1. The third kappa shape index (κ3) is 4.63. The van der Waals surface area contributed by atoms with Gasteiger partial charge in [-0.2, -0.15) is 0 Å². The molecule has 0 N–H and O–H groups in total. The van der Waals surface area contributed by atoms with Gasteiger partial charge in [0.2, 0.25) is 0 Å². The summed E-state index contributed by atoms with van der Waals surface area (Å²) in [6.07, 6.45) is 0. The Balaban J connectivity index is 1.60. The third-order valence-corrected chi connectivity index (χ3v) is 3.76. The molecule has 0 saturated heterocycles. The zero-order valence-corrected chi connectivity index (χ0v) is 14.6. The van der Waals surface area contributed by atoms with Gasteiger partial charge in [0.05, 0.1) is 0 Å². The molecule has 0 heterocycles. The summed E-state index contributed by atoms with van der Waals surface area (Å²) in [5, 5.41) is 0. The maximum atomic E-state index is 12.5. The van der Waals surface area contributed by atoms with E-state index < -0.39 is 5.97 Å². The van der Waals surface area contributed by atoms with Crippen LogP contribution in [0.2, 0.25) is 0 Å². The highest BCUT2D eigenvalue weighted by Gasteiger charge is 2.15. The molecule has 4 heteroatoms. The maximum Gasteiger partial charge on any atom is 0.347 e. The largest absolute Gasteiger partial charge is 0.490 e. The number of rotatable bonds is 7. The number of carbonyl (C=O) groups excluding carboxylic acids is 1. The second-order valence-corrected chi connectivity index (χ2v) is 5.66. The van der Waals surface area contributed by atoms with E-state index >= 15 is 0 Å². The lowest BCUT2D eigenvalue weighted by atomic mass is 10.2. The van der Waals surface area contributed by atoms with E-state index in [0.717, 1.165) is 11.3 Å². The fourth-order valence-electron chi connectivity index (χ4n) is 2.41. The van der Waals surface area contributed by atoms with Crippen molar-refractivity contribution in [1.29, 1.82) is 0 Å². The van der Waals surface area contributed by atoms with E-state index in [4.69, 9.17) is 14.2 Å². The average molecular weight is 348 g/mol. The van der Waals surface area contributed by atoms with Crippen LogP contribution in [0.4, 0.5) is 0 Å². The smallest absolute Gasteiger partial charge is 0.347 e. The summed E-state index contributed by atoms with van der Waals surface area (Å²) in [5.74, 6) is 1.35. The Morgan fingerprint density at radius 3 is 2.12 bits per heavy atom. The van der Waals surface area contributed by atoms with Crippen LogP contribution in [-0.4, -0.2) is 19.2 Å². The van der Waals surface area contributed by atoms with Crippen LogP contribution in [0.3, 0.4) is 0 Å². The molecule has 0 unspecified atom stereocenters. The summed E-state index contributed by atoms with van der Waals surface area (Å²) >= 11 is 0. The van der Waals surface area contributed by atoms with Crippen LogP contribution in [0.15, 0.2) is 78.9 Å². The Morgan fingerprint density at radius 2 is 1.35 bits per heavy atom. The molecule has 0 aliphatic rings. The topological polar surface area (TPSA) is 44.8 Å². The second-order valence-electron chi connectivity index (χ2n) is 5.66. The SMILES string of the molecule is Cc1ccccc1OC(=O)c1ccccc1OCCOc1ccccc1. The molecule has 0 atom stereocenters. The van der Waals surface area contributed by atoms with Crippen LogP contribution in [0.25, 0.3) is 0 Å². The minimum absolute atomic E-state index is 0.323. The Bertz CT molecular complexity index is 859. The van der Waals surface area contributed by atoms with Gasteiger partial charge in [0, 0.05) is 0 Å². The van der Waals surface area contributed by atoms with Gasteiger partial charge in [-0.3, -0.25) is 0 Å². The van der Waals surface area contributed by atoms with E-state index in [-0.39, 0.29) is 0 Å². The summed E-state index contributed by atoms with van der Waals surface area (Å²) in [4.78, 5) is 12.5. The molecule has 4 nitrogen and oxygen atoms in total. The number of ether oxygens (including phenoxy) is 3. The molecule has 0 saturated carbocycles. The van der Waals surface area contributed by atoms with Crippen LogP contribution in [-0.2, 0) is 0 Å². The number of esters is 1. The molecule has 0 spiro atoms. The standard InChI is InChI=1S/C22H20O4/c1-17-9-5-7-13-20(17)26-22(23)19-12-6-8-14-21(19)25-16-15-24-18-10-3-2-4-11-18/h2-14H,15-16H2,1H3. The lowest BCUT2D eigenvalue weighted by Crippen LogP contribution is -2.14. The van der Waals surface area contributed by atoms with Crippen molar-refractivity contribution in [2.75, 3.05) is 13.2 Å². The number of benzene rings is 3. The quantitative estimate of drug-likeness (QED) is 0.353. The van der Waals surface area contributed by atoms with Gasteiger partial charge in [-0.25, -0.2) is 4.79 Å². The summed E-state index contributed by atoms with van der Waals surface area (Å²) in [5.41, 5.74) is 1.28. The first kappa shape index (κ1) is 17.5. The van der Waals surface area contributed by atoms with E-state index in [0.29, 0.717) is 30.3 Å². The van der Waals surface area contributed by atoms with Crippen molar-refractivity contribution >= 4 is 5.97 Å². The lowest BCUT2D eigenvalue weighted by molar-refractivity contribution is 0.0728. The van der Waals surface area contributed by atoms with E-state index in [1.165, 1.54) is 0 Å². The summed E-state index contributed by atoms with van der Waals surface area (Å²) in [7, 11) is 0. The second kappa shape index (κ2) is 8.72. The molecule has 0 aliphatic carbocycles. The molecule has 26 heavy (non-hydrogen) atoms. The molecule has 0 bridgehead atoms. The van der Waals surface area contributed by atoms with E-state index in [1.54, 1.807) is 24.3 Å². The Morgan fingerprint density at radius 1 is 0.731 bits per heavy atom. The van der Waals surface area contributed by atoms with Crippen molar-refractivity contribution in [1.82, 2.24) is 0 Å². The number of aryl methyl sites for hydroxylation is 1. The van der Waals surface area contributed by atoms with Crippen molar-refractivity contribution in [2.45, 2.75) is 6.92 Å². The minimum atomic E-state index is -0.445. The van der Waals surface area contributed by atoms with Crippen molar-refractivity contribution in [3.8, 4) is 17.2 Å². The number of para-hydroxylation sites is 3. The van der Waals surface area contributed by atoms with Crippen molar-refractivity contribution in [3.05, 3.63) is 90.0 Å². The average Bonchev–Trinajstić information content (AvgIpc) is 2.68. The summed E-state index contributed by atoms with van der Waals surface area (Å²) in [6, 6.07) is 23.9. The van der Waals surface area contributed by atoms with Gasteiger partial charge in [-0.15, -0.1) is 0 Å². The van der Waals surface area contributed by atoms with Crippen molar-refractivity contribution in [3.63, 3.8) is 0 Å². The monoisotopic (exact) mass is 348 g/mol. The molecule has 132 valence electrons. The van der Waals surface area contributed by atoms with Crippen LogP contribution in [0, 0.1) is 6.92 Å². The third-order valence-electron chi connectivity index (χ3n) is 3.76. The maximum absolute atomic E-state index is 12.5. The van der Waals surface area contributed by atoms with E-state index in [1.807, 2.05) is 61.5 Å². The fraction of sp³-hybridized carbons (Fsp3) is 0.136. The van der Waals surface area contributed by atoms with Gasteiger partial charge < -0.3 is 14.2 Å². The van der Waals surface area contributed by atoms with Gasteiger partial charge in [0.25, 0.3) is 0 Å². The normalized spacial score (nSPS) is 10.2. The molecule has 3 rings (SSSR count). The Labute approximate surface area is 153 Å². The zero-order valence-electron chi connectivity index (χ0n) is 14.6. The fourth-order valence-corrected chi connectivity index (χ4v) is 2.41. The molecule has 0 radical (unpaired) electrons. The number of hydrogen-bond acceptors (Lipinski definition) is 4. The van der Waals surface area contributed by atoms with Gasteiger partial charge >= 0.3 is 5.97 Å². The minimum Gasteiger partial charge on any atom is -0.490 e. The van der Waals surface area contributed by atoms with Crippen LogP contribution < -0.4 is 14.2 Å². The highest BCUT2D eigenvalue weighted by molar-refractivity contribution is 5.94. The lowest BCUT2D eigenvalue weighted by Gasteiger charge is -2.12. The predicted octanol–water partition coefficient (Wildman–Crippen LogP) is 4.67. The highest BCUT2D eigenvalue weighted by atomic mass is 16.5. The van der Waals surface area contributed by atoms with Gasteiger partial charge in [-0.1, -0.05) is 48.5 Å². The number of hydrogen-bond donors (Lipinski definition) is 0. The zero-order chi connectivity index (χ0) is 18.2. The Kier molecular flexibility index (Phi) is 5.88. The van der Waals surface area contributed by atoms with Crippen LogP contribution in [0.1, 0.15) is 15.9 Å². The molecule has 3 aromatic rings. The van der Waals surface area contributed by atoms with Crippen LogP contribution >= 0.6 is 0 Å². The molecule has 3 aromatic carbocycles. The summed E-state index contributed by atoms with van der Waals surface area (Å²) in [6.45, 7) is 2.60. The summed E-state index contributed by atoms with van der Waals surface area (Å²) < 4.78 is 16.8. The first-order chi connectivity index (χ1) is 12.7. The van der Waals surface area contributed by atoms with Crippen molar-refractivity contribution in [2.24, 2.45) is 0 Å². The molecule has 0 aliphatic heterocycles. The highest BCUT2D eigenvalue weighted by Crippen LogP contribution is 2.22. The molecule has 0 aromatic heterocycles. The van der Waals surface area contributed by atoms with E-state index in [2.05, 4.69) is 0 Å². The van der Waals surface area contributed by atoms with E-state index in [9.17, 15) is 4.79 Å². The molecule has 0 fully saturated rings. The first-order valence-electron chi connectivity index (χ1n) is 8.41. The molecular formula is C22H20O4.